The number of benzene rings is 3. The van der Waals surface area contributed by atoms with Crippen molar-refractivity contribution in [1.82, 2.24) is 0 Å². The molecule has 0 unspecified atom stereocenters. The first-order valence-corrected chi connectivity index (χ1v) is 10.2. The van der Waals surface area contributed by atoms with E-state index in [1.807, 2.05) is 60.7 Å². The molecule has 0 saturated heterocycles. The van der Waals surface area contributed by atoms with Crippen molar-refractivity contribution in [2.45, 2.75) is 12.4 Å². The molecule has 152 valence electrons. The summed E-state index contributed by atoms with van der Waals surface area (Å²) in [5, 5.41) is 17.5. The zero-order chi connectivity index (χ0) is 21.2. The van der Waals surface area contributed by atoms with Gasteiger partial charge in [-0.05, 0) is 53.1 Å². The van der Waals surface area contributed by atoms with Crippen LogP contribution >= 0.6 is 11.8 Å². The van der Waals surface area contributed by atoms with Gasteiger partial charge in [0.25, 0.3) is 0 Å². The van der Waals surface area contributed by atoms with Crippen molar-refractivity contribution in [1.29, 1.82) is 0 Å². The van der Waals surface area contributed by atoms with Crippen LogP contribution in [0.1, 0.15) is 27.0 Å². The fourth-order valence-electron chi connectivity index (χ4n) is 2.52. The van der Waals surface area contributed by atoms with Gasteiger partial charge in [0.1, 0.15) is 12.4 Å². The molecular weight excluding hydrogens is 398 g/mol. The van der Waals surface area contributed by atoms with Crippen LogP contribution in [0.15, 0.2) is 89.1 Å². The molecule has 7 heteroatoms. The van der Waals surface area contributed by atoms with Crippen LogP contribution in [0.4, 0.5) is 0 Å². The van der Waals surface area contributed by atoms with Crippen molar-refractivity contribution in [2.75, 3.05) is 0 Å². The number of hydrogen-bond acceptors (Lipinski definition) is 5. The zero-order valence-corrected chi connectivity index (χ0v) is 17.0. The van der Waals surface area contributed by atoms with Crippen LogP contribution < -0.4 is 10.5 Å². The van der Waals surface area contributed by atoms with E-state index in [0.29, 0.717) is 10.9 Å². The van der Waals surface area contributed by atoms with E-state index in [-0.39, 0.29) is 12.2 Å². The Bertz CT molecular complexity index is 1040. The second kappa shape index (κ2) is 10.8. The minimum absolute atomic E-state index is 0.240. The lowest BCUT2D eigenvalue weighted by atomic mass is 10.1. The summed E-state index contributed by atoms with van der Waals surface area (Å²) in [6, 6.07) is 24.1. The van der Waals surface area contributed by atoms with Crippen molar-refractivity contribution in [3.05, 3.63) is 101 Å². The van der Waals surface area contributed by atoms with Crippen LogP contribution in [0, 0.1) is 0 Å². The number of hydrogen-bond donors (Lipinski definition) is 2. The van der Waals surface area contributed by atoms with Gasteiger partial charge in [0, 0.05) is 5.75 Å². The summed E-state index contributed by atoms with van der Waals surface area (Å²) >= 11 is 1.43. The minimum Gasteiger partial charge on any atom is -0.489 e. The summed E-state index contributed by atoms with van der Waals surface area (Å²) < 4.78 is 5.71. The Hall–Kier alpha value is -3.58. The molecule has 3 aromatic carbocycles. The molecule has 0 atom stereocenters. The lowest BCUT2D eigenvalue weighted by Crippen LogP contribution is -2.05. The summed E-state index contributed by atoms with van der Waals surface area (Å²) in [5.74, 6) is 0.462. The van der Waals surface area contributed by atoms with Crippen LogP contribution in [0.25, 0.3) is 0 Å². The molecule has 0 spiro atoms. The molecule has 0 amide bonds. The first kappa shape index (κ1) is 21.1. The van der Waals surface area contributed by atoms with Gasteiger partial charge in [-0.25, -0.2) is 4.79 Å². The van der Waals surface area contributed by atoms with E-state index in [4.69, 9.17) is 15.6 Å². The van der Waals surface area contributed by atoms with Gasteiger partial charge in [0.2, 0.25) is 0 Å². The van der Waals surface area contributed by atoms with Crippen molar-refractivity contribution < 1.29 is 14.6 Å². The summed E-state index contributed by atoms with van der Waals surface area (Å²) in [7, 11) is 0. The average molecular weight is 420 g/mol. The van der Waals surface area contributed by atoms with E-state index >= 15 is 0 Å². The van der Waals surface area contributed by atoms with E-state index in [1.165, 1.54) is 17.3 Å². The predicted molar refractivity (Wildman–Crippen MR) is 121 cm³/mol. The van der Waals surface area contributed by atoms with E-state index in [1.54, 1.807) is 24.4 Å². The highest BCUT2D eigenvalue weighted by Crippen LogP contribution is 2.15. The molecule has 0 fully saturated rings. The molecule has 0 heterocycles. The largest absolute Gasteiger partial charge is 0.489 e. The molecule has 0 radical (unpaired) electrons. The summed E-state index contributed by atoms with van der Waals surface area (Å²) in [6.07, 6.45) is 1.62. The van der Waals surface area contributed by atoms with E-state index in [9.17, 15) is 4.79 Å². The topological polar surface area (TPSA) is 97.3 Å². The summed E-state index contributed by atoms with van der Waals surface area (Å²) in [6.45, 7) is 0.286. The zero-order valence-electron chi connectivity index (χ0n) is 16.1. The predicted octanol–water partition coefficient (Wildman–Crippen LogP) is 4.55. The fourth-order valence-corrected chi connectivity index (χ4v) is 3.14. The van der Waals surface area contributed by atoms with Crippen LogP contribution in [-0.4, -0.2) is 22.5 Å². The van der Waals surface area contributed by atoms with Crippen LogP contribution in [0.5, 0.6) is 5.75 Å². The first-order chi connectivity index (χ1) is 14.6. The Morgan fingerprint density at radius 3 is 2.47 bits per heavy atom. The van der Waals surface area contributed by atoms with Gasteiger partial charge >= 0.3 is 5.97 Å². The van der Waals surface area contributed by atoms with Gasteiger partial charge in [-0.15, -0.1) is 5.10 Å². The molecule has 30 heavy (non-hydrogen) atoms. The third-order valence-electron chi connectivity index (χ3n) is 4.05. The third-order valence-corrected chi connectivity index (χ3v) is 4.91. The fraction of sp³-hybridized carbons (Fsp3) is 0.0870. The van der Waals surface area contributed by atoms with Crippen LogP contribution in [0.2, 0.25) is 0 Å². The Labute approximate surface area is 179 Å². The molecular formula is C23H21N3O3S. The van der Waals surface area contributed by atoms with Gasteiger partial charge in [0.15, 0.2) is 5.17 Å². The van der Waals surface area contributed by atoms with Gasteiger partial charge < -0.3 is 15.6 Å². The van der Waals surface area contributed by atoms with Gasteiger partial charge in [0.05, 0.1) is 11.8 Å². The van der Waals surface area contributed by atoms with Crippen LogP contribution in [0.3, 0.4) is 0 Å². The molecule has 3 N–H and O–H groups in total. The number of nitrogens with two attached hydrogens (primary N) is 1. The minimum atomic E-state index is -0.956. The number of carboxylic acid groups (broad SMARTS) is 1. The number of thioether (sulfide) groups is 1. The number of rotatable bonds is 8. The van der Waals surface area contributed by atoms with Crippen molar-refractivity contribution in [3.63, 3.8) is 0 Å². The number of nitrogens with zero attached hydrogens (tertiary/aromatic N) is 2. The Morgan fingerprint density at radius 1 is 1.00 bits per heavy atom. The molecule has 0 aliphatic rings. The lowest BCUT2D eigenvalue weighted by Gasteiger charge is -2.07. The summed E-state index contributed by atoms with van der Waals surface area (Å²) in [5.41, 5.74) is 8.94. The highest BCUT2D eigenvalue weighted by molar-refractivity contribution is 8.13. The highest BCUT2D eigenvalue weighted by atomic mass is 32.2. The molecule has 0 saturated carbocycles. The smallest absolute Gasteiger partial charge is 0.335 e. The van der Waals surface area contributed by atoms with Crippen molar-refractivity contribution >= 4 is 29.1 Å². The molecule has 0 bridgehead atoms. The maximum absolute atomic E-state index is 11.0. The monoisotopic (exact) mass is 419 g/mol. The summed E-state index contributed by atoms with van der Waals surface area (Å²) in [4.78, 5) is 11.0. The van der Waals surface area contributed by atoms with E-state index < -0.39 is 5.97 Å². The molecule has 6 nitrogen and oxygen atoms in total. The van der Waals surface area contributed by atoms with Gasteiger partial charge in [-0.1, -0.05) is 54.2 Å². The number of aromatic carboxylic acids is 1. The average Bonchev–Trinajstić information content (AvgIpc) is 2.78. The van der Waals surface area contributed by atoms with E-state index in [2.05, 4.69) is 10.2 Å². The number of ether oxygens (including phenoxy) is 1. The second-order valence-electron chi connectivity index (χ2n) is 6.32. The second-order valence-corrected chi connectivity index (χ2v) is 7.32. The van der Waals surface area contributed by atoms with Crippen molar-refractivity contribution in [3.8, 4) is 5.75 Å². The number of carbonyl (C=O) groups is 1. The SMILES string of the molecule is NC(=NN=Cc1ccc(OCc2cccc(C(=O)O)c2)cc1)SCc1ccccc1. The highest BCUT2D eigenvalue weighted by Gasteiger charge is 2.04. The molecule has 0 aromatic heterocycles. The Balaban J connectivity index is 1.49. The maximum atomic E-state index is 11.0. The van der Waals surface area contributed by atoms with E-state index in [0.717, 1.165) is 16.9 Å². The maximum Gasteiger partial charge on any atom is 0.335 e. The van der Waals surface area contributed by atoms with Gasteiger partial charge in [-0.2, -0.15) is 5.10 Å². The third kappa shape index (κ3) is 6.79. The quantitative estimate of drug-likeness (QED) is 0.317. The number of amidine groups is 1. The van der Waals surface area contributed by atoms with Crippen LogP contribution in [-0.2, 0) is 12.4 Å². The lowest BCUT2D eigenvalue weighted by molar-refractivity contribution is 0.0696. The Kier molecular flexibility index (Phi) is 7.63. The molecule has 3 aromatic rings. The molecule has 0 aliphatic heterocycles. The van der Waals surface area contributed by atoms with Gasteiger partial charge in [-0.3, -0.25) is 0 Å². The molecule has 3 rings (SSSR count). The normalized spacial score (nSPS) is 11.5. The number of carboxylic acids is 1. The molecule has 0 aliphatic carbocycles. The van der Waals surface area contributed by atoms with Crippen molar-refractivity contribution in [2.24, 2.45) is 15.9 Å². The standard InChI is InChI=1S/C23H21N3O3S/c24-23(30-16-18-5-2-1-3-6-18)26-25-14-17-9-11-21(12-10-17)29-15-19-7-4-8-20(13-19)22(27)28/h1-14H,15-16H2,(H2,24,26)(H,27,28). The first-order valence-electron chi connectivity index (χ1n) is 9.18. The Morgan fingerprint density at radius 2 is 1.73 bits per heavy atom.